The normalized spacial score (nSPS) is 18.3. The first-order valence-corrected chi connectivity index (χ1v) is 6.09. The smallest absolute Gasteiger partial charge is 0.230 e. The van der Waals surface area contributed by atoms with Crippen LogP contribution in [0, 0.1) is 16.7 Å². The number of amides is 2. The Morgan fingerprint density at radius 3 is 2.58 bits per heavy atom. The molecule has 19 heavy (non-hydrogen) atoms. The van der Waals surface area contributed by atoms with Gasteiger partial charge >= 0.3 is 0 Å². The molecule has 2 rings (SSSR count). The topological polar surface area (TPSA) is 74.1 Å². The molecule has 0 atom stereocenters. The fourth-order valence-electron chi connectivity index (χ4n) is 2.20. The van der Waals surface area contributed by atoms with Crippen LogP contribution >= 0.6 is 0 Å². The summed E-state index contributed by atoms with van der Waals surface area (Å²) < 4.78 is 0. The minimum Gasteiger partial charge on any atom is -0.278 e. The number of carbonyl (C=O) groups is 2. The SMILES string of the molecule is CC1(C)CC(=O)N(Cc2ccnc(C#N)c2)C(=O)C1. The Morgan fingerprint density at radius 1 is 1.37 bits per heavy atom. The lowest BCUT2D eigenvalue weighted by Crippen LogP contribution is -2.45. The number of nitriles is 1. The molecule has 1 aliphatic rings. The van der Waals surface area contributed by atoms with Crippen molar-refractivity contribution in [1.82, 2.24) is 9.88 Å². The summed E-state index contributed by atoms with van der Waals surface area (Å²) >= 11 is 0. The van der Waals surface area contributed by atoms with Crippen LogP contribution in [0.3, 0.4) is 0 Å². The standard InChI is InChI=1S/C14H15N3O2/c1-14(2)6-12(18)17(13(19)7-14)9-10-3-4-16-11(5-10)8-15/h3-5H,6-7,9H2,1-2H3. The highest BCUT2D eigenvalue weighted by atomic mass is 16.2. The Morgan fingerprint density at radius 2 is 2.00 bits per heavy atom. The van der Waals surface area contributed by atoms with Gasteiger partial charge in [0, 0.05) is 19.0 Å². The van der Waals surface area contributed by atoms with Gasteiger partial charge in [-0.25, -0.2) is 4.98 Å². The number of nitrogens with zero attached hydrogens (tertiary/aromatic N) is 3. The van der Waals surface area contributed by atoms with E-state index in [1.807, 2.05) is 19.9 Å². The molecule has 0 aliphatic carbocycles. The van der Waals surface area contributed by atoms with Crippen molar-refractivity contribution in [2.24, 2.45) is 5.41 Å². The first-order valence-electron chi connectivity index (χ1n) is 6.09. The van der Waals surface area contributed by atoms with Gasteiger partial charge < -0.3 is 0 Å². The predicted octanol–water partition coefficient (Wildman–Crippen LogP) is 1.63. The zero-order chi connectivity index (χ0) is 14.0. The number of hydrogen-bond donors (Lipinski definition) is 0. The van der Waals surface area contributed by atoms with Gasteiger partial charge in [-0.1, -0.05) is 13.8 Å². The summed E-state index contributed by atoms with van der Waals surface area (Å²) in [5.74, 6) is -0.312. The zero-order valence-corrected chi connectivity index (χ0v) is 11.0. The quantitative estimate of drug-likeness (QED) is 0.755. The van der Waals surface area contributed by atoms with Crippen molar-refractivity contribution in [3.63, 3.8) is 0 Å². The van der Waals surface area contributed by atoms with Gasteiger partial charge in [-0.15, -0.1) is 0 Å². The molecule has 0 N–H and O–H groups in total. The van der Waals surface area contributed by atoms with Crippen molar-refractivity contribution in [2.45, 2.75) is 33.2 Å². The highest BCUT2D eigenvalue weighted by molar-refractivity contribution is 5.98. The number of pyridine rings is 1. The molecule has 0 spiro atoms. The molecular weight excluding hydrogens is 242 g/mol. The molecule has 1 aromatic rings. The maximum Gasteiger partial charge on any atom is 0.230 e. The summed E-state index contributed by atoms with van der Waals surface area (Å²) in [4.78, 5) is 29.1. The Balaban J connectivity index is 2.17. The number of imide groups is 1. The first kappa shape index (κ1) is 13.2. The Kier molecular flexibility index (Phi) is 3.34. The van der Waals surface area contributed by atoms with Gasteiger partial charge in [0.2, 0.25) is 11.8 Å². The van der Waals surface area contributed by atoms with Crippen LogP contribution in [0.25, 0.3) is 0 Å². The molecule has 1 fully saturated rings. The average molecular weight is 257 g/mol. The molecule has 0 unspecified atom stereocenters. The van der Waals surface area contributed by atoms with Crippen LogP contribution in [-0.4, -0.2) is 21.7 Å². The highest BCUT2D eigenvalue weighted by Crippen LogP contribution is 2.32. The lowest BCUT2D eigenvalue weighted by Gasteiger charge is -2.34. The van der Waals surface area contributed by atoms with Crippen molar-refractivity contribution in [3.8, 4) is 6.07 Å². The van der Waals surface area contributed by atoms with E-state index in [2.05, 4.69) is 4.98 Å². The highest BCUT2D eigenvalue weighted by Gasteiger charge is 2.37. The molecule has 1 aliphatic heterocycles. The van der Waals surface area contributed by atoms with Gasteiger partial charge in [0.15, 0.2) is 0 Å². The third-order valence-corrected chi connectivity index (χ3v) is 3.14. The maximum absolute atomic E-state index is 12.0. The number of piperidine rings is 1. The van der Waals surface area contributed by atoms with Gasteiger partial charge in [-0.05, 0) is 23.1 Å². The number of hydrogen-bond acceptors (Lipinski definition) is 4. The van der Waals surface area contributed by atoms with Crippen molar-refractivity contribution >= 4 is 11.8 Å². The maximum atomic E-state index is 12.0. The van der Waals surface area contributed by atoms with Crippen LogP contribution in [0.15, 0.2) is 18.3 Å². The molecule has 5 heteroatoms. The van der Waals surface area contributed by atoms with Crippen molar-refractivity contribution in [2.75, 3.05) is 0 Å². The van der Waals surface area contributed by atoms with Crippen LogP contribution in [0.4, 0.5) is 0 Å². The molecule has 98 valence electrons. The molecule has 1 aromatic heterocycles. The number of carbonyl (C=O) groups excluding carboxylic acids is 2. The molecule has 0 saturated carbocycles. The molecule has 0 radical (unpaired) electrons. The van der Waals surface area contributed by atoms with Crippen LogP contribution in [-0.2, 0) is 16.1 Å². The van der Waals surface area contributed by atoms with Crippen LogP contribution < -0.4 is 0 Å². The largest absolute Gasteiger partial charge is 0.278 e. The van der Waals surface area contributed by atoms with E-state index in [9.17, 15) is 9.59 Å². The molecule has 2 amide bonds. The van der Waals surface area contributed by atoms with E-state index in [0.717, 1.165) is 5.56 Å². The van der Waals surface area contributed by atoms with E-state index < -0.39 is 0 Å². The minimum absolute atomic E-state index is 0.156. The second-order valence-electron chi connectivity index (χ2n) is 5.55. The second-order valence-corrected chi connectivity index (χ2v) is 5.55. The van der Waals surface area contributed by atoms with Gasteiger partial charge in [-0.3, -0.25) is 14.5 Å². The van der Waals surface area contributed by atoms with E-state index in [1.54, 1.807) is 12.1 Å². The molecular formula is C14H15N3O2. The molecule has 1 saturated heterocycles. The van der Waals surface area contributed by atoms with Gasteiger partial charge in [-0.2, -0.15) is 5.26 Å². The third-order valence-electron chi connectivity index (χ3n) is 3.14. The van der Waals surface area contributed by atoms with Crippen molar-refractivity contribution in [3.05, 3.63) is 29.6 Å². The monoisotopic (exact) mass is 257 g/mol. The van der Waals surface area contributed by atoms with E-state index >= 15 is 0 Å². The van der Waals surface area contributed by atoms with E-state index in [0.29, 0.717) is 12.8 Å². The third kappa shape index (κ3) is 2.97. The number of rotatable bonds is 2. The number of likely N-dealkylation sites (tertiary alicyclic amines) is 1. The molecule has 2 heterocycles. The molecule has 0 aromatic carbocycles. The average Bonchev–Trinajstić information content (AvgIpc) is 2.33. The Hall–Kier alpha value is -2.22. The lowest BCUT2D eigenvalue weighted by molar-refractivity contribution is -0.153. The fourth-order valence-corrected chi connectivity index (χ4v) is 2.20. The summed E-state index contributed by atoms with van der Waals surface area (Å²) in [6, 6.07) is 5.25. The lowest BCUT2D eigenvalue weighted by atomic mass is 9.81. The predicted molar refractivity (Wildman–Crippen MR) is 67.5 cm³/mol. The Bertz CT molecular complexity index is 552. The summed E-state index contributed by atoms with van der Waals surface area (Å²) in [5.41, 5.74) is 0.767. The van der Waals surface area contributed by atoms with Crippen LogP contribution in [0.2, 0.25) is 0 Å². The summed E-state index contributed by atoms with van der Waals surface area (Å²) in [6.07, 6.45) is 2.25. The molecule has 0 bridgehead atoms. The summed E-state index contributed by atoms with van der Waals surface area (Å²) in [5, 5.41) is 8.78. The van der Waals surface area contributed by atoms with Crippen LogP contribution in [0.1, 0.15) is 37.9 Å². The van der Waals surface area contributed by atoms with Gasteiger partial charge in [0.1, 0.15) is 11.8 Å². The van der Waals surface area contributed by atoms with Gasteiger partial charge in [0.25, 0.3) is 0 Å². The second kappa shape index (κ2) is 4.81. The fraction of sp³-hybridized carbons (Fsp3) is 0.429. The summed E-state index contributed by atoms with van der Waals surface area (Å²) in [7, 11) is 0. The Labute approximate surface area is 111 Å². The van der Waals surface area contributed by atoms with Crippen molar-refractivity contribution < 1.29 is 9.59 Å². The molecule has 5 nitrogen and oxygen atoms in total. The number of aromatic nitrogens is 1. The van der Waals surface area contributed by atoms with E-state index in [-0.39, 0.29) is 29.5 Å². The van der Waals surface area contributed by atoms with E-state index in [4.69, 9.17) is 5.26 Å². The zero-order valence-electron chi connectivity index (χ0n) is 11.0. The van der Waals surface area contributed by atoms with Gasteiger partial charge in [0.05, 0.1) is 6.54 Å². The van der Waals surface area contributed by atoms with Crippen LogP contribution in [0.5, 0.6) is 0 Å². The minimum atomic E-state index is -0.263. The summed E-state index contributed by atoms with van der Waals surface area (Å²) in [6.45, 7) is 4.05. The van der Waals surface area contributed by atoms with Crippen molar-refractivity contribution in [1.29, 1.82) is 5.26 Å². The first-order chi connectivity index (χ1) is 8.91. The van der Waals surface area contributed by atoms with E-state index in [1.165, 1.54) is 11.1 Å².